The standard InChI is InChI=1S/C23H29N3O3/c1-16-21(17(2)26(25-16)20-12-8-5-9-13-20)14-15-22(27)29-18(3)23(28)24-19-10-6-4-7-11-19/h5,8-9,12-15,18-19H,4,6-7,10-11H2,1-3H3,(H,24,28)/b15-14+. The largest absolute Gasteiger partial charge is 0.449 e. The summed E-state index contributed by atoms with van der Waals surface area (Å²) in [5, 5.41) is 7.55. The summed E-state index contributed by atoms with van der Waals surface area (Å²) in [5.41, 5.74) is 3.58. The first-order valence-electron chi connectivity index (χ1n) is 10.3. The van der Waals surface area contributed by atoms with Gasteiger partial charge in [-0.15, -0.1) is 0 Å². The predicted molar refractivity (Wildman–Crippen MR) is 113 cm³/mol. The Hall–Kier alpha value is -2.89. The zero-order valence-corrected chi connectivity index (χ0v) is 17.4. The molecule has 2 aromatic rings. The fraction of sp³-hybridized carbons (Fsp3) is 0.435. The number of aryl methyl sites for hydroxylation is 1. The second kappa shape index (κ2) is 9.54. The Kier molecular flexibility index (Phi) is 6.86. The summed E-state index contributed by atoms with van der Waals surface area (Å²) in [7, 11) is 0. The number of benzene rings is 1. The van der Waals surface area contributed by atoms with Crippen LogP contribution in [0.25, 0.3) is 11.8 Å². The predicted octanol–water partition coefficient (Wildman–Crippen LogP) is 3.88. The number of hydrogen-bond acceptors (Lipinski definition) is 4. The fourth-order valence-electron chi connectivity index (χ4n) is 3.70. The number of aromatic nitrogens is 2. The first-order valence-corrected chi connectivity index (χ1v) is 10.3. The van der Waals surface area contributed by atoms with E-state index in [-0.39, 0.29) is 11.9 Å². The monoisotopic (exact) mass is 395 g/mol. The molecule has 1 aliphatic carbocycles. The molecule has 29 heavy (non-hydrogen) atoms. The van der Waals surface area contributed by atoms with Gasteiger partial charge in [0.15, 0.2) is 6.10 Å². The smallest absolute Gasteiger partial charge is 0.331 e. The van der Waals surface area contributed by atoms with E-state index in [0.717, 1.165) is 48.3 Å². The van der Waals surface area contributed by atoms with Crippen molar-refractivity contribution >= 4 is 18.0 Å². The molecule has 1 heterocycles. The lowest BCUT2D eigenvalue weighted by atomic mass is 9.95. The number of amides is 1. The molecule has 1 unspecified atom stereocenters. The molecule has 1 aromatic heterocycles. The van der Waals surface area contributed by atoms with Gasteiger partial charge in [0.05, 0.1) is 11.4 Å². The number of nitrogens with zero attached hydrogens (tertiary/aromatic N) is 2. The second-order valence-corrected chi connectivity index (χ2v) is 7.59. The van der Waals surface area contributed by atoms with Crippen LogP contribution in [0.2, 0.25) is 0 Å². The third kappa shape index (κ3) is 5.34. The first kappa shape index (κ1) is 20.8. The number of ether oxygens (including phenoxy) is 1. The van der Waals surface area contributed by atoms with Gasteiger partial charge in [0.2, 0.25) is 0 Å². The summed E-state index contributed by atoms with van der Waals surface area (Å²) >= 11 is 0. The molecule has 1 aromatic carbocycles. The quantitative estimate of drug-likeness (QED) is 0.595. The van der Waals surface area contributed by atoms with Crippen molar-refractivity contribution in [2.75, 3.05) is 0 Å². The highest BCUT2D eigenvalue weighted by molar-refractivity contribution is 5.90. The van der Waals surface area contributed by atoms with E-state index in [9.17, 15) is 9.59 Å². The molecule has 0 bridgehead atoms. The maximum Gasteiger partial charge on any atom is 0.331 e. The zero-order valence-electron chi connectivity index (χ0n) is 17.4. The molecule has 6 nitrogen and oxygen atoms in total. The van der Waals surface area contributed by atoms with Crippen molar-refractivity contribution in [1.29, 1.82) is 0 Å². The molecular formula is C23H29N3O3. The Bertz CT molecular complexity index is 880. The summed E-state index contributed by atoms with van der Waals surface area (Å²) < 4.78 is 7.13. The van der Waals surface area contributed by atoms with Crippen LogP contribution in [0.1, 0.15) is 56.0 Å². The van der Waals surface area contributed by atoms with Gasteiger partial charge >= 0.3 is 5.97 Å². The normalized spacial score (nSPS) is 16.0. The van der Waals surface area contributed by atoms with E-state index in [0.29, 0.717) is 0 Å². The maximum absolute atomic E-state index is 12.3. The molecule has 1 N–H and O–H groups in total. The third-order valence-electron chi connectivity index (χ3n) is 5.35. The van der Waals surface area contributed by atoms with Gasteiger partial charge in [0.1, 0.15) is 0 Å². The number of carbonyl (C=O) groups is 2. The summed E-state index contributed by atoms with van der Waals surface area (Å²) in [6.07, 6.45) is 7.73. The van der Waals surface area contributed by atoms with E-state index in [1.807, 2.05) is 48.9 Å². The lowest BCUT2D eigenvalue weighted by Crippen LogP contribution is -2.42. The summed E-state index contributed by atoms with van der Waals surface area (Å²) in [4.78, 5) is 24.5. The molecule has 0 radical (unpaired) electrons. The molecule has 3 rings (SSSR count). The molecule has 1 atom stereocenters. The Labute approximate surface area is 171 Å². The number of para-hydroxylation sites is 1. The van der Waals surface area contributed by atoms with Gasteiger partial charge < -0.3 is 10.1 Å². The van der Waals surface area contributed by atoms with Crippen molar-refractivity contribution in [1.82, 2.24) is 15.1 Å². The zero-order chi connectivity index (χ0) is 20.8. The molecule has 1 amide bonds. The van der Waals surface area contributed by atoms with Crippen LogP contribution in [0.5, 0.6) is 0 Å². The van der Waals surface area contributed by atoms with E-state index >= 15 is 0 Å². The summed E-state index contributed by atoms with van der Waals surface area (Å²) in [6.45, 7) is 5.46. The minimum Gasteiger partial charge on any atom is -0.449 e. The van der Waals surface area contributed by atoms with Crippen LogP contribution in [0.3, 0.4) is 0 Å². The highest BCUT2D eigenvalue weighted by Crippen LogP contribution is 2.19. The minimum absolute atomic E-state index is 0.196. The number of rotatable bonds is 6. The van der Waals surface area contributed by atoms with Crippen LogP contribution in [0, 0.1) is 13.8 Å². The average molecular weight is 396 g/mol. The Morgan fingerprint density at radius 2 is 1.86 bits per heavy atom. The molecule has 0 aliphatic heterocycles. The van der Waals surface area contributed by atoms with Gasteiger partial charge in [-0.3, -0.25) is 4.79 Å². The number of hydrogen-bond donors (Lipinski definition) is 1. The van der Waals surface area contributed by atoms with E-state index < -0.39 is 12.1 Å². The van der Waals surface area contributed by atoms with Crippen LogP contribution >= 0.6 is 0 Å². The van der Waals surface area contributed by atoms with E-state index in [1.165, 1.54) is 12.5 Å². The van der Waals surface area contributed by atoms with Crippen molar-refractivity contribution in [3.8, 4) is 5.69 Å². The Morgan fingerprint density at radius 1 is 1.17 bits per heavy atom. The first-order chi connectivity index (χ1) is 14.0. The molecule has 154 valence electrons. The van der Waals surface area contributed by atoms with Crippen molar-refractivity contribution < 1.29 is 14.3 Å². The van der Waals surface area contributed by atoms with Crippen molar-refractivity contribution in [3.05, 3.63) is 53.4 Å². The van der Waals surface area contributed by atoms with E-state index in [1.54, 1.807) is 13.0 Å². The maximum atomic E-state index is 12.3. The molecular weight excluding hydrogens is 366 g/mol. The lowest BCUT2D eigenvalue weighted by Gasteiger charge is -2.24. The van der Waals surface area contributed by atoms with Gasteiger partial charge in [0.25, 0.3) is 5.91 Å². The van der Waals surface area contributed by atoms with Crippen molar-refractivity contribution in [2.24, 2.45) is 0 Å². The highest BCUT2D eigenvalue weighted by Gasteiger charge is 2.21. The van der Waals surface area contributed by atoms with Gasteiger partial charge in [-0.05, 0) is 51.8 Å². The Balaban J connectivity index is 1.60. The number of carbonyl (C=O) groups excluding carboxylic acids is 2. The van der Waals surface area contributed by atoms with Gasteiger partial charge in [-0.1, -0.05) is 37.5 Å². The average Bonchev–Trinajstić information content (AvgIpc) is 3.01. The van der Waals surface area contributed by atoms with Gasteiger partial charge in [-0.2, -0.15) is 5.10 Å². The van der Waals surface area contributed by atoms with Crippen LogP contribution < -0.4 is 5.32 Å². The highest BCUT2D eigenvalue weighted by atomic mass is 16.5. The van der Waals surface area contributed by atoms with Crippen LogP contribution in [-0.4, -0.2) is 33.8 Å². The van der Waals surface area contributed by atoms with Gasteiger partial charge in [-0.25, -0.2) is 9.48 Å². The Morgan fingerprint density at radius 3 is 2.55 bits per heavy atom. The lowest BCUT2D eigenvalue weighted by molar-refractivity contribution is -0.150. The number of esters is 1. The van der Waals surface area contributed by atoms with Crippen molar-refractivity contribution in [3.63, 3.8) is 0 Å². The molecule has 1 saturated carbocycles. The van der Waals surface area contributed by atoms with Crippen molar-refractivity contribution in [2.45, 2.75) is 65.0 Å². The topological polar surface area (TPSA) is 73.2 Å². The second-order valence-electron chi connectivity index (χ2n) is 7.59. The van der Waals surface area contributed by atoms with Crippen LogP contribution in [-0.2, 0) is 14.3 Å². The molecule has 1 aliphatic rings. The van der Waals surface area contributed by atoms with Crippen LogP contribution in [0.15, 0.2) is 36.4 Å². The molecule has 1 fully saturated rings. The third-order valence-corrected chi connectivity index (χ3v) is 5.35. The van der Waals surface area contributed by atoms with Crippen LogP contribution in [0.4, 0.5) is 0 Å². The summed E-state index contributed by atoms with van der Waals surface area (Å²) in [5.74, 6) is -0.773. The fourth-order valence-corrected chi connectivity index (χ4v) is 3.70. The molecule has 0 saturated heterocycles. The minimum atomic E-state index is -0.816. The summed E-state index contributed by atoms with van der Waals surface area (Å²) in [6, 6.07) is 10.0. The van der Waals surface area contributed by atoms with E-state index in [2.05, 4.69) is 10.4 Å². The van der Waals surface area contributed by atoms with E-state index in [4.69, 9.17) is 4.74 Å². The molecule has 0 spiro atoms. The SMILES string of the molecule is Cc1nn(-c2ccccc2)c(C)c1/C=C/C(=O)OC(C)C(=O)NC1CCCCC1. The number of nitrogens with one attached hydrogen (secondary N) is 1. The van der Waals surface area contributed by atoms with Gasteiger partial charge in [0, 0.05) is 23.4 Å². The molecule has 6 heteroatoms.